The summed E-state index contributed by atoms with van der Waals surface area (Å²) in [5.74, 6) is -1.01. The summed E-state index contributed by atoms with van der Waals surface area (Å²) >= 11 is 1.29. The van der Waals surface area contributed by atoms with E-state index in [1.807, 2.05) is 24.3 Å². The number of hydrogen-bond acceptors (Lipinski definition) is 4. The van der Waals surface area contributed by atoms with Gasteiger partial charge in [0.2, 0.25) is 0 Å². The summed E-state index contributed by atoms with van der Waals surface area (Å²) in [5, 5.41) is 12.7. The summed E-state index contributed by atoms with van der Waals surface area (Å²) in [6.07, 6.45) is 0.893. The van der Waals surface area contributed by atoms with Crippen LogP contribution >= 0.6 is 11.3 Å². The first kappa shape index (κ1) is 11.6. The molecule has 0 amide bonds. The van der Waals surface area contributed by atoms with Crippen molar-refractivity contribution >= 4 is 28.0 Å². The maximum atomic E-state index is 10.9. The molecule has 5 heteroatoms. The minimum absolute atomic E-state index is 0.0703. The van der Waals surface area contributed by atoms with Gasteiger partial charge < -0.3 is 10.4 Å². The molecule has 0 bridgehead atoms. The van der Waals surface area contributed by atoms with Crippen LogP contribution in [0.1, 0.15) is 23.0 Å². The molecule has 88 valence electrons. The van der Waals surface area contributed by atoms with E-state index in [1.165, 1.54) is 16.8 Å². The SMILES string of the molecule is CCc1ccccc1Nc1scnc1C(=O)O. The summed E-state index contributed by atoms with van der Waals surface area (Å²) < 4.78 is 0. The van der Waals surface area contributed by atoms with Gasteiger partial charge in [-0.3, -0.25) is 0 Å². The number of thiazole rings is 1. The average molecular weight is 248 g/mol. The molecule has 0 saturated carbocycles. The molecule has 0 aliphatic heterocycles. The standard InChI is InChI=1S/C12H12N2O2S/c1-2-8-5-3-4-6-9(8)14-11-10(12(15)16)13-7-17-11/h3-7,14H,2H2,1H3,(H,15,16). The largest absolute Gasteiger partial charge is 0.476 e. The van der Waals surface area contributed by atoms with E-state index in [0.29, 0.717) is 5.00 Å². The molecule has 0 radical (unpaired) electrons. The monoisotopic (exact) mass is 248 g/mol. The van der Waals surface area contributed by atoms with Gasteiger partial charge >= 0.3 is 5.97 Å². The molecule has 2 N–H and O–H groups in total. The van der Waals surface area contributed by atoms with Crippen molar-refractivity contribution < 1.29 is 9.90 Å². The van der Waals surface area contributed by atoms with Gasteiger partial charge in [0, 0.05) is 5.69 Å². The van der Waals surface area contributed by atoms with Crippen LogP contribution in [0, 0.1) is 0 Å². The molecular weight excluding hydrogens is 236 g/mol. The van der Waals surface area contributed by atoms with Gasteiger partial charge in [0.25, 0.3) is 0 Å². The van der Waals surface area contributed by atoms with Crippen molar-refractivity contribution in [1.82, 2.24) is 4.98 Å². The Kier molecular flexibility index (Phi) is 3.39. The van der Waals surface area contributed by atoms with Gasteiger partial charge in [-0.25, -0.2) is 9.78 Å². The van der Waals surface area contributed by atoms with Crippen LogP contribution in [0.25, 0.3) is 0 Å². The molecular formula is C12H12N2O2S. The van der Waals surface area contributed by atoms with Crippen LogP contribution in [-0.4, -0.2) is 16.1 Å². The number of carboxylic acid groups (broad SMARTS) is 1. The summed E-state index contributed by atoms with van der Waals surface area (Å²) in [4.78, 5) is 14.8. The van der Waals surface area contributed by atoms with Gasteiger partial charge in [0.15, 0.2) is 5.69 Å². The Morgan fingerprint density at radius 2 is 2.24 bits per heavy atom. The summed E-state index contributed by atoms with van der Waals surface area (Å²) in [5.41, 5.74) is 3.68. The van der Waals surface area contributed by atoms with Gasteiger partial charge in [-0.2, -0.15) is 0 Å². The second-order valence-corrected chi connectivity index (χ2v) is 4.33. The van der Waals surface area contributed by atoms with Crippen LogP contribution in [0.2, 0.25) is 0 Å². The molecule has 4 nitrogen and oxygen atoms in total. The number of para-hydroxylation sites is 1. The summed E-state index contributed by atoms with van der Waals surface area (Å²) in [6.45, 7) is 2.06. The minimum atomic E-state index is -1.01. The van der Waals surface area contributed by atoms with Crippen molar-refractivity contribution in [2.24, 2.45) is 0 Å². The van der Waals surface area contributed by atoms with E-state index < -0.39 is 5.97 Å². The highest BCUT2D eigenvalue weighted by atomic mass is 32.1. The highest BCUT2D eigenvalue weighted by Gasteiger charge is 2.14. The number of benzene rings is 1. The first-order valence-corrected chi connectivity index (χ1v) is 6.12. The third-order valence-electron chi connectivity index (χ3n) is 2.42. The van der Waals surface area contributed by atoms with Crippen LogP contribution in [0.4, 0.5) is 10.7 Å². The topological polar surface area (TPSA) is 62.2 Å². The number of aromatic nitrogens is 1. The molecule has 2 aromatic rings. The molecule has 1 aromatic heterocycles. The van der Waals surface area contributed by atoms with Gasteiger partial charge in [0.1, 0.15) is 5.00 Å². The molecule has 1 aromatic carbocycles. The second-order valence-electron chi connectivity index (χ2n) is 3.47. The van der Waals surface area contributed by atoms with Crippen molar-refractivity contribution in [3.8, 4) is 0 Å². The highest BCUT2D eigenvalue weighted by Crippen LogP contribution is 2.27. The molecule has 1 heterocycles. The fourth-order valence-electron chi connectivity index (χ4n) is 1.56. The van der Waals surface area contributed by atoms with Crippen LogP contribution in [-0.2, 0) is 6.42 Å². The second kappa shape index (κ2) is 4.97. The van der Waals surface area contributed by atoms with Gasteiger partial charge in [-0.15, -0.1) is 11.3 Å². The Balaban J connectivity index is 2.31. The van der Waals surface area contributed by atoms with E-state index in [-0.39, 0.29) is 5.69 Å². The third kappa shape index (κ3) is 2.45. The van der Waals surface area contributed by atoms with Gasteiger partial charge in [-0.1, -0.05) is 25.1 Å². The maximum Gasteiger partial charge on any atom is 0.357 e. The van der Waals surface area contributed by atoms with Crippen molar-refractivity contribution in [2.75, 3.05) is 5.32 Å². The summed E-state index contributed by atoms with van der Waals surface area (Å²) in [6, 6.07) is 7.84. The minimum Gasteiger partial charge on any atom is -0.476 e. The Labute approximate surface area is 103 Å². The van der Waals surface area contributed by atoms with E-state index in [1.54, 1.807) is 0 Å². The number of aryl methyl sites for hydroxylation is 1. The molecule has 17 heavy (non-hydrogen) atoms. The number of aromatic carboxylic acids is 1. The predicted octanol–water partition coefficient (Wildman–Crippen LogP) is 3.15. The number of anilines is 2. The number of carbonyl (C=O) groups is 1. The lowest BCUT2D eigenvalue weighted by Gasteiger charge is -2.09. The number of carboxylic acids is 1. The first-order chi connectivity index (χ1) is 8.22. The Morgan fingerprint density at radius 1 is 1.47 bits per heavy atom. The van der Waals surface area contributed by atoms with E-state index in [4.69, 9.17) is 5.11 Å². The van der Waals surface area contributed by atoms with Gasteiger partial charge in [0.05, 0.1) is 5.51 Å². The van der Waals surface area contributed by atoms with Crippen LogP contribution in [0.15, 0.2) is 29.8 Å². The van der Waals surface area contributed by atoms with E-state index >= 15 is 0 Å². The first-order valence-electron chi connectivity index (χ1n) is 5.24. The van der Waals surface area contributed by atoms with E-state index in [2.05, 4.69) is 17.2 Å². The summed E-state index contributed by atoms with van der Waals surface area (Å²) in [7, 11) is 0. The molecule has 0 spiro atoms. The normalized spacial score (nSPS) is 10.2. The lowest BCUT2D eigenvalue weighted by Crippen LogP contribution is -2.02. The fraction of sp³-hybridized carbons (Fsp3) is 0.167. The zero-order valence-electron chi connectivity index (χ0n) is 9.30. The van der Waals surface area contributed by atoms with Crippen molar-refractivity contribution in [3.05, 3.63) is 41.0 Å². The zero-order chi connectivity index (χ0) is 12.3. The molecule has 0 fully saturated rings. The lowest BCUT2D eigenvalue weighted by atomic mass is 10.1. The van der Waals surface area contributed by atoms with Crippen LogP contribution < -0.4 is 5.32 Å². The quantitative estimate of drug-likeness (QED) is 0.872. The molecule has 0 aliphatic rings. The Hall–Kier alpha value is -1.88. The molecule has 2 rings (SSSR count). The Morgan fingerprint density at radius 3 is 2.94 bits per heavy atom. The molecule has 0 saturated heterocycles. The van der Waals surface area contributed by atoms with E-state index in [9.17, 15) is 4.79 Å². The molecule has 0 unspecified atom stereocenters. The fourth-order valence-corrected chi connectivity index (χ4v) is 2.24. The molecule has 0 aliphatic carbocycles. The van der Waals surface area contributed by atoms with Gasteiger partial charge in [-0.05, 0) is 18.1 Å². The van der Waals surface area contributed by atoms with Crippen molar-refractivity contribution in [3.63, 3.8) is 0 Å². The van der Waals surface area contributed by atoms with Crippen LogP contribution in [0.5, 0.6) is 0 Å². The smallest absolute Gasteiger partial charge is 0.357 e. The highest BCUT2D eigenvalue weighted by molar-refractivity contribution is 7.14. The third-order valence-corrected chi connectivity index (χ3v) is 3.16. The van der Waals surface area contributed by atoms with Crippen molar-refractivity contribution in [1.29, 1.82) is 0 Å². The zero-order valence-corrected chi connectivity index (χ0v) is 10.1. The number of hydrogen-bond donors (Lipinski definition) is 2. The number of rotatable bonds is 4. The van der Waals surface area contributed by atoms with Crippen molar-refractivity contribution in [2.45, 2.75) is 13.3 Å². The van der Waals surface area contributed by atoms with E-state index in [0.717, 1.165) is 17.7 Å². The predicted molar refractivity (Wildman–Crippen MR) is 68.2 cm³/mol. The van der Waals surface area contributed by atoms with Crippen LogP contribution in [0.3, 0.4) is 0 Å². The number of nitrogens with zero attached hydrogens (tertiary/aromatic N) is 1. The Bertz CT molecular complexity index is 537. The average Bonchev–Trinajstić information content (AvgIpc) is 2.78. The number of nitrogens with one attached hydrogen (secondary N) is 1. The lowest BCUT2D eigenvalue weighted by molar-refractivity contribution is 0.0692. The molecule has 0 atom stereocenters. The maximum absolute atomic E-state index is 10.9.